The summed E-state index contributed by atoms with van der Waals surface area (Å²) in [4.78, 5) is 5.32. The molecule has 5 heteroatoms. The van der Waals surface area contributed by atoms with Crippen molar-refractivity contribution in [2.24, 2.45) is 10.4 Å². The molecule has 2 aliphatic rings. The van der Waals surface area contributed by atoms with Crippen LogP contribution in [0, 0.1) is 16.7 Å². The molecule has 0 bridgehead atoms. The normalized spacial score (nSPS) is 18.5. The van der Waals surface area contributed by atoms with Gasteiger partial charge in [0.15, 0.2) is 5.58 Å². The number of hydrogen-bond donors (Lipinski definition) is 1. The molecule has 8 aromatic rings. The summed E-state index contributed by atoms with van der Waals surface area (Å²) in [6, 6.07) is 50.5. The quantitative estimate of drug-likeness (QED) is 0.196. The second-order valence-electron chi connectivity index (χ2n) is 14.2. The Labute approximate surface area is 307 Å². The minimum absolute atomic E-state index is 0.244. The van der Waals surface area contributed by atoms with Crippen molar-refractivity contribution in [2.75, 3.05) is 0 Å². The predicted molar refractivity (Wildman–Crippen MR) is 217 cm³/mol. The molecule has 3 heterocycles. The minimum atomic E-state index is -0.343. The van der Waals surface area contributed by atoms with Crippen LogP contribution in [0.15, 0.2) is 173 Å². The molecule has 0 radical (unpaired) electrons. The summed E-state index contributed by atoms with van der Waals surface area (Å²) in [6.45, 7) is 2.27. The van der Waals surface area contributed by atoms with Gasteiger partial charge in [0.2, 0.25) is 0 Å². The van der Waals surface area contributed by atoms with Crippen LogP contribution in [0.5, 0.6) is 0 Å². The molecule has 2 aromatic heterocycles. The van der Waals surface area contributed by atoms with E-state index in [1.165, 1.54) is 16.5 Å². The highest BCUT2D eigenvalue weighted by Crippen LogP contribution is 2.44. The van der Waals surface area contributed by atoms with Gasteiger partial charge in [-0.25, -0.2) is 0 Å². The number of furan rings is 1. The fourth-order valence-corrected chi connectivity index (χ4v) is 8.00. The molecule has 5 nitrogen and oxygen atoms in total. The Balaban J connectivity index is 1.10. The number of benzene rings is 6. The molecule has 2 unspecified atom stereocenters. The number of aromatic nitrogens is 1. The SMILES string of the molecule is CC1(C2N=C(c3ccccc3)C=C(c3cccc(C#N)c3)N2)C=CC(n2c3ccc(-c4ccccc4)cc3c3ccc4c5ccccc5oc4c32)=CC1. The molecule has 0 saturated carbocycles. The van der Waals surface area contributed by atoms with Crippen LogP contribution in [0.3, 0.4) is 0 Å². The molecule has 53 heavy (non-hydrogen) atoms. The lowest BCUT2D eigenvalue weighted by Gasteiger charge is -2.38. The van der Waals surface area contributed by atoms with Gasteiger partial charge in [-0.05, 0) is 77.2 Å². The van der Waals surface area contributed by atoms with Crippen molar-refractivity contribution in [1.29, 1.82) is 5.26 Å². The van der Waals surface area contributed by atoms with E-state index in [1.807, 2.05) is 54.6 Å². The van der Waals surface area contributed by atoms with E-state index in [9.17, 15) is 5.26 Å². The van der Waals surface area contributed by atoms with Gasteiger partial charge in [-0.15, -0.1) is 0 Å². The van der Waals surface area contributed by atoms with Crippen LogP contribution in [-0.2, 0) is 0 Å². The maximum atomic E-state index is 9.65. The van der Waals surface area contributed by atoms with E-state index in [2.05, 4.69) is 132 Å². The number of para-hydroxylation sites is 1. The van der Waals surface area contributed by atoms with E-state index < -0.39 is 0 Å². The minimum Gasteiger partial charge on any atom is -0.454 e. The monoisotopic (exact) mass is 682 g/mol. The second-order valence-corrected chi connectivity index (χ2v) is 14.2. The number of nitriles is 1. The number of fused-ring (bicyclic) bond motifs is 7. The highest BCUT2D eigenvalue weighted by atomic mass is 16.3. The van der Waals surface area contributed by atoms with Gasteiger partial charge in [0, 0.05) is 38.4 Å². The molecular formula is C48H34N4O. The Bertz CT molecular complexity index is 2920. The number of rotatable bonds is 5. The van der Waals surface area contributed by atoms with Crippen LogP contribution in [0.4, 0.5) is 0 Å². The smallest absolute Gasteiger partial charge is 0.160 e. The van der Waals surface area contributed by atoms with E-state index >= 15 is 0 Å². The zero-order chi connectivity index (χ0) is 35.5. The van der Waals surface area contributed by atoms with Crippen LogP contribution in [0.1, 0.15) is 30.0 Å². The van der Waals surface area contributed by atoms with Gasteiger partial charge in [-0.2, -0.15) is 5.26 Å². The van der Waals surface area contributed by atoms with E-state index in [-0.39, 0.29) is 11.6 Å². The fraction of sp³-hybridized carbons (Fsp3) is 0.0833. The molecule has 0 amide bonds. The van der Waals surface area contributed by atoms with Crippen LogP contribution in [0.25, 0.3) is 66.3 Å². The average Bonchev–Trinajstić information content (AvgIpc) is 3.77. The molecule has 2 atom stereocenters. The number of nitrogens with one attached hydrogen (secondary N) is 1. The summed E-state index contributed by atoms with van der Waals surface area (Å²) in [6.07, 6.45) is 9.52. The topological polar surface area (TPSA) is 66.2 Å². The Morgan fingerprint density at radius 3 is 2.28 bits per heavy atom. The molecule has 0 fully saturated rings. The van der Waals surface area contributed by atoms with Gasteiger partial charge in [-0.3, -0.25) is 4.99 Å². The molecule has 0 saturated heterocycles. The van der Waals surface area contributed by atoms with Crippen LogP contribution < -0.4 is 5.32 Å². The van der Waals surface area contributed by atoms with Crippen LogP contribution in [0.2, 0.25) is 0 Å². The summed E-state index contributed by atoms with van der Waals surface area (Å²) in [5, 5.41) is 18.0. The van der Waals surface area contributed by atoms with Crippen molar-refractivity contribution < 1.29 is 4.42 Å². The van der Waals surface area contributed by atoms with Crippen molar-refractivity contribution in [1.82, 2.24) is 9.88 Å². The summed E-state index contributed by atoms with van der Waals surface area (Å²) in [5.74, 6) is 0. The lowest BCUT2D eigenvalue weighted by atomic mass is 9.79. The maximum absolute atomic E-state index is 9.65. The third kappa shape index (κ3) is 5.11. The van der Waals surface area contributed by atoms with E-state index in [4.69, 9.17) is 9.41 Å². The summed E-state index contributed by atoms with van der Waals surface area (Å²) in [5.41, 5.74) is 11.6. The first-order chi connectivity index (χ1) is 26.1. The Morgan fingerprint density at radius 1 is 0.736 bits per heavy atom. The maximum Gasteiger partial charge on any atom is 0.160 e. The first-order valence-corrected chi connectivity index (χ1v) is 18.0. The Hall–Kier alpha value is -6.90. The predicted octanol–water partition coefficient (Wildman–Crippen LogP) is 11.5. The van der Waals surface area contributed by atoms with Gasteiger partial charge in [-0.1, -0.05) is 122 Å². The number of hydrogen-bond acceptors (Lipinski definition) is 4. The van der Waals surface area contributed by atoms with Crippen LogP contribution in [-0.4, -0.2) is 16.4 Å². The van der Waals surface area contributed by atoms with Gasteiger partial charge in [0.1, 0.15) is 11.7 Å². The summed E-state index contributed by atoms with van der Waals surface area (Å²) in [7, 11) is 0. The number of aliphatic imine (C=N–C) groups is 1. The van der Waals surface area contributed by atoms with E-state index in [1.54, 1.807) is 0 Å². The Kier molecular flexibility index (Phi) is 7.06. The molecule has 1 N–H and O–H groups in total. The average molecular weight is 683 g/mol. The molecule has 0 spiro atoms. The molecule has 1 aliphatic carbocycles. The molecule has 6 aromatic carbocycles. The summed E-state index contributed by atoms with van der Waals surface area (Å²) >= 11 is 0. The summed E-state index contributed by atoms with van der Waals surface area (Å²) < 4.78 is 9.06. The molecule has 1 aliphatic heterocycles. The van der Waals surface area contributed by atoms with Gasteiger partial charge in [0.25, 0.3) is 0 Å². The van der Waals surface area contributed by atoms with Gasteiger partial charge < -0.3 is 14.3 Å². The lowest BCUT2D eigenvalue weighted by molar-refractivity contribution is 0.315. The standard InChI is InChI=1S/C48H34N4O/c1-48(47-50-41(33-14-6-3-7-15-33)29-42(51-47)35-16-10-11-31(27-35)30-49)25-23-36(24-26-48)52-43-22-19-34(32-12-4-2-5-13-32)28-40(43)38-20-21-39-37-17-8-9-18-44(37)53-46(39)45(38)52/h2-25,27-29,47,51H,26H2,1H3. The molecule has 10 rings (SSSR count). The zero-order valence-corrected chi connectivity index (χ0v) is 29.1. The molecular weight excluding hydrogens is 649 g/mol. The van der Waals surface area contributed by atoms with Crippen molar-refractivity contribution in [3.05, 3.63) is 181 Å². The third-order valence-corrected chi connectivity index (χ3v) is 10.9. The highest BCUT2D eigenvalue weighted by Gasteiger charge is 2.36. The largest absolute Gasteiger partial charge is 0.454 e. The van der Waals surface area contributed by atoms with Gasteiger partial charge in [0.05, 0.1) is 28.4 Å². The lowest BCUT2D eigenvalue weighted by Crippen LogP contribution is -2.43. The van der Waals surface area contributed by atoms with Crippen molar-refractivity contribution in [3.63, 3.8) is 0 Å². The Morgan fingerprint density at radius 2 is 1.49 bits per heavy atom. The first kappa shape index (κ1) is 30.9. The second kappa shape index (κ2) is 12.1. The zero-order valence-electron chi connectivity index (χ0n) is 29.1. The number of allylic oxidation sites excluding steroid dienone is 4. The molecule has 252 valence electrons. The first-order valence-electron chi connectivity index (χ1n) is 18.0. The van der Waals surface area contributed by atoms with Crippen molar-refractivity contribution in [2.45, 2.75) is 19.5 Å². The van der Waals surface area contributed by atoms with Crippen molar-refractivity contribution >= 4 is 60.9 Å². The van der Waals surface area contributed by atoms with Crippen LogP contribution >= 0.6 is 0 Å². The van der Waals surface area contributed by atoms with E-state index in [0.717, 1.165) is 73.0 Å². The fourth-order valence-electron chi connectivity index (χ4n) is 8.00. The van der Waals surface area contributed by atoms with Gasteiger partial charge >= 0.3 is 0 Å². The van der Waals surface area contributed by atoms with E-state index in [0.29, 0.717) is 5.56 Å². The highest BCUT2D eigenvalue weighted by molar-refractivity contribution is 6.22. The third-order valence-electron chi connectivity index (χ3n) is 10.9. The number of nitrogens with zero attached hydrogens (tertiary/aromatic N) is 3. The van der Waals surface area contributed by atoms with Crippen molar-refractivity contribution in [3.8, 4) is 17.2 Å².